The zero-order valence-electron chi connectivity index (χ0n) is 19.2. The van der Waals surface area contributed by atoms with Gasteiger partial charge in [0.2, 0.25) is 5.91 Å². The van der Waals surface area contributed by atoms with Crippen LogP contribution in [0.3, 0.4) is 0 Å². The van der Waals surface area contributed by atoms with Crippen LogP contribution < -0.4 is 5.56 Å². The molecule has 32 heavy (non-hydrogen) atoms. The van der Waals surface area contributed by atoms with Gasteiger partial charge >= 0.3 is 0 Å². The van der Waals surface area contributed by atoms with Crippen LogP contribution in [0.1, 0.15) is 43.0 Å². The molecule has 2 aromatic rings. The summed E-state index contributed by atoms with van der Waals surface area (Å²) in [6.45, 7) is 4.73. The highest BCUT2D eigenvalue weighted by Crippen LogP contribution is 2.27. The van der Waals surface area contributed by atoms with Gasteiger partial charge < -0.3 is 14.4 Å². The first-order valence-electron chi connectivity index (χ1n) is 11.2. The maximum Gasteiger partial charge on any atom is 0.257 e. The van der Waals surface area contributed by atoms with E-state index in [9.17, 15) is 9.59 Å². The molecule has 1 saturated heterocycles. The number of amides is 1. The summed E-state index contributed by atoms with van der Waals surface area (Å²) >= 11 is 1.39. The standard InChI is InChI=1S/C24H33N3O4S/c1-4-5-11-21(23(29)27-12-14-31-15-13-27)32-24-25-20(17-30-3)19(22(28)26(24)2)16-18-9-7-6-8-10-18/h6-10,21H,4-5,11-17H2,1-3H3. The second kappa shape index (κ2) is 12.2. The molecule has 8 heteroatoms. The second-order valence-electron chi connectivity index (χ2n) is 7.97. The van der Waals surface area contributed by atoms with Crippen molar-refractivity contribution in [2.75, 3.05) is 33.4 Å². The van der Waals surface area contributed by atoms with Crippen LogP contribution in [0.4, 0.5) is 0 Å². The first kappa shape index (κ1) is 24.5. The third-order valence-corrected chi connectivity index (χ3v) is 6.90. The van der Waals surface area contributed by atoms with Crippen molar-refractivity contribution in [3.05, 3.63) is 57.5 Å². The van der Waals surface area contributed by atoms with Gasteiger partial charge in [0.1, 0.15) is 0 Å². The molecule has 1 unspecified atom stereocenters. The molecule has 0 N–H and O–H groups in total. The molecule has 1 aromatic heterocycles. The summed E-state index contributed by atoms with van der Waals surface area (Å²) in [6, 6.07) is 9.88. The molecule has 0 bridgehead atoms. The van der Waals surface area contributed by atoms with Crippen molar-refractivity contribution in [3.8, 4) is 0 Å². The molecule has 0 saturated carbocycles. The summed E-state index contributed by atoms with van der Waals surface area (Å²) in [6.07, 6.45) is 3.19. The fraction of sp³-hybridized carbons (Fsp3) is 0.542. The quantitative estimate of drug-likeness (QED) is 0.402. The molecule has 1 aliphatic heterocycles. The van der Waals surface area contributed by atoms with Crippen molar-refractivity contribution >= 4 is 17.7 Å². The number of thioether (sulfide) groups is 1. The summed E-state index contributed by atoms with van der Waals surface area (Å²) in [5, 5.41) is 0.281. The molecule has 174 valence electrons. The van der Waals surface area contributed by atoms with E-state index in [4.69, 9.17) is 14.5 Å². The number of ether oxygens (including phenoxy) is 2. The number of morpholine rings is 1. The molecule has 1 amide bonds. The van der Waals surface area contributed by atoms with Gasteiger partial charge in [-0.1, -0.05) is 61.9 Å². The van der Waals surface area contributed by atoms with E-state index in [1.807, 2.05) is 35.2 Å². The van der Waals surface area contributed by atoms with Crippen LogP contribution in [0, 0.1) is 0 Å². The highest BCUT2D eigenvalue weighted by atomic mass is 32.2. The average molecular weight is 460 g/mol. The molecule has 1 atom stereocenters. The predicted octanol–water partition coefficient (Wildman–Crippen LogP) is 3.03. The van der Waals surface area contributed by atoms with E-state index < -0.39 is 0 Å². The van der Waals surface area contributed by atoms with Crippen LogP contribution in [-0.4, -0.2) is 59.0 Å². The number of aromatic nitrogens is 2. The van der Waals surface area contributed by atoms with Crippen LogP contribution in [0.15, 0.2) is 40.3 Å². The van der Waals surface area contributed by atoms with Gasteiger partial charge in [0.15, 0.2) is 5.16 Å². The number of unbranched alkanes of at least 4 members (excludes halogenated alkanes) is 1. The lowest BCUT2D eigenvalue weighted by molar-refractivity contribution is -0.134. The maximum absolute atomic E-state index is 13.3. The van der Waals surface area contributed by atoms with E-state index >= 15 is 0 Å². The highest BCUT2D eigenvalue weighted by molar-refractivity contribution is 8.00. The Morgan fingerprint density at radius 1 is 1.25 bits per heavy atom. The van der Waals surface area contributed by atoms with Gasteiger partial charge in [-0.25, -0.2) is 4.98 Å². The van der Waals surface area contributed by atoms with E-state index in [0.29, 0.717) is 49.1 Å². The Hall–Kier alpha value is -2.16. The first-order chi connectivity index (χ1) is 15.5. The normalized spacial score (nSPS) is 15.0. The summed E-state index contributed by atoms with van der Waals surface area (Å²) in [7, 11) is 3.34. The van der Waals surface area contributed by atoms with Crippen molar-refractivity contribution in [3.63, 3.8) is 0 Å². The largest absolute Gasteiger partial charge is 0.378 e. The van der Waals surface area contributed by atoms with Crippen LogP contribution in [0.2, 0.25) is 0 Å². The van der Waals surface area contributed by atoms with Gasteiger partial charge in [0.25, 0.3) is 5.56 Å². The lowest BCUT2D eigenvalue weighted by atomic mass is 10.0. The van der Waals surface area contributed by atoms with Crippen molar-refractivity contribution in [1.29, 1.82) is 0 Å². The van der Waals surface area contributed by atoms with E-state index in [-0.39, 0.29) is 23.3 Å². The molecule has 7 nitrogen and oxygen atoms in total. The molecule has 3 rings (SSSR count). The van der Waals surface area contributed by atoms with Gasteiger partial charge in [-0.15, -0.1) is 0 Å². The first-order valence-corrected chi connectivity index (χ1v) is 12.1. The van der Waals surface area contributed by atoms with Crippen LogP contribution in [0.25, 0.3) is 0 Å². The predicted molar refractivity (Wildman–Crippen MR) is 126 cm³/mol. The van der Waals surface area contributed by atoms with E-state index in [0.717, 1.165) is 24.8 Å². The Morgan fingerprint density at radius 3 is 2.62 bits per heavy atom. The lowest BCUT2D eigenvalue weighted by Crippen LogP contribution is -2.45. The number of carbonyl (C=O) groups is 1. The number of carbonyl (C=O) groups excluding carboxylic acids is 1. The third kappa shape index (κ3) is 6.21. The lowest BCUT2D eigenvalue weighted by Gasteiger charge is -2.30. The Morgan fingerprint density at radius 2 is 1.97 bits per heavy atom. The highest BCUT2D eigenvalue weighted by Gasteiger charge is 2.28. The van der Waals surface area contributed by atoms with Crippen molar-refractivity contribution in [1.82, 2.24) is 14.5 Å². The fourth-order valence-electron chi connectivity index (χ4n) is 3.75. The van der Waals surface area contributed by atoms with E-state index in [1.54, 1.807) is 18.7 Å². The Kier molecular flexibility index (Phi) is 9.32. The van der Waals surface area contributed by atoms with E-state index in [1.165, 1.54) is 11.8 Å². The maximum atomic E-state index is 13.3. The Balaban J connectivity index is 1.90. The molecule has 1 aromatic carbocycles. The summed E-state index contributed by atoms with van der Waals surface area (Å²) in [5.74, 6) is 0.0997. The molecular weight excluding hydrogens is 426 g/mol. The smallest absolute Gasteiger partial charge is 0.257 e. The Bertz CT molecular complexity index is 942. The van der Waals surface area contributed by atoms with E-state index in [2.05, 4.69) is 6.92 Å². The summed E-state index contributed by atoms with van der Waals surface area (Å²) < 4.78 is 12.3. The molecule has 1 aliphatic rings. The van der Waals surface area contributed by atoms with Crippen LogP contribution in [0.5, 0.6) is 0 Å². The Labute approximate surface area is 194 Å². The molecule has 1 fully saturated rings. The second-order valence-corrected chi connectivity index (χ2v) is 9.14. The van der Waals surface area contributed by atoms with Crippen LogP contribution >= 0.6 is 11.8 Å². The minimum Gasteiger partial charge on any atom is -0.378 e. The molecule has 0 radical (unpaired) electrons. The topological polar surface area (TPSA) is 73.7 Å². The average Bonchev–Trinajstić information content (AvgIpc) is 2.83. The van der Waals surface area contributed by atoms with Gasteiger partial charge in [-0.05, 0) is 12.0 Å². The molecular formula is C24H33N3O4S. The zero-order chi connectivity index (χ0) is 22.9. The SMILES string of the molecule is CCCCC(Sc1nc(COC)c(Cc2ccccc2)c(=O)n1C)C(=O)N1CCOCC1. The number of methoxy groups -OCH3 is 1. The van der Waals surface area contributed by atoms with Gasteiger partial charge in [-0.2, -0.15) is 0 Å². The number of rotatable bonds is 10. The number of hydrogen-bond donors (Lipinski definition) is 0. The number of benzene rings is 1. The van der Waals surface area contributed by atoms with Gasteiger partial charge in [0.05, 0.1) is 30.8 Å². The minimum absolute atomic E-state index is 0.0912. The molecule has 2 heterocycles. The summed E-state index contributed by atoms with van der Waals surface area (Å²) in [4.78, 5) is 33.2. The number of hydrogen-bond acceptors (Lipinski definition) is 6. The molecule has 0 spiro atoms. The monoisotopic (exact) mass is 459 g/mol. The van der Waals surface area contributed by atoms with Crippen molar-refractivity contribution in [2.24, 2.45) is 7.05 Å². The van der Waals surface area contributed by atoms with Crippen LogP contribution in [-0.2, 0) is 34.3 Å². The van der Waals surface area contributed by atoms with Crippen molar-refractivity contribution < 1.29 is 14.3 Å². The number of nitrogens with zero attached hydrogens (tertiary/aromatic N) is 3. The minimum atomic E-state index is -0.276. The van der Waals surface area contributed by atoms with Gasteiger partial charge in [0, 0.05) is 39.2 Å². The van der Waals surface area contributed by atoms with Gasteiger partial charge in [-0.3, -0.25) is 14.2 Å². The van der Waals surface area contributed by atoms with Crippen molar-refractivity contribution in [2.45, 2.75) is 49.6 Å². The molecule has 0 aliphatic carbocycles. The zero-order valence-corrected chi connectivity index (χ0v) is 20.0. The fourth-order valence-corrected chi connectivity index (χ4v) is 4.94. The third-order valence-electron chi connectivity index (χ3n) is 5.60. The summed E-state index contributed by atoms with van der Waals surface area (Å²) in [5.41, 5.74) is 2.23.